The van der Waals surface area contributed by atoms with Crippen molar-refractivity contribution in [2.75, 3.05) is 40.4 Å². The van der Waals surface area contributed by atoms with Gasteiger partial charge in [0.05, 0.1) is 25.5 Å². The van der Waals surface area contributed by atoms with Gasteiger partial charge in [0.25, 0.3) is 5.97 Å². The second-order valence-electron chi connectivity index (χ2n) is 11.7. The smallest absolute Gasteiger partial charge is 0.325 e. The van der Waals surface area contributed by atoms with E-state index in [0.29, 0.717) is 29.8 Å². The van der Waals surface area contributed by atoms with E-state index in [0.717, 1.165) is 30.1 Å². The quantitative estimate of drug-likeness (QED) is 0.0978. The van der Waals surface area contributed by atoms with Crippen LogP contribution in [-0.4, -0.2) is 99.5 Å². The van der Waals surface area contributed by atoms with Gasteiger partial charge in [-0.05, 0) is 59.4 Å². The lowest BCUT2D eigenvalue weighted by molar-refractivity contribution is -0.148. The van der Waals surface area contributed by atoms with Crippen molar-refractivity contribution < 1.29 is 42.2 Å². The topological polar surface area (TPSA) is 222 Å². The van der Waals surface area contributed by atoms with Gasteiger partial charge in [0.1, 0.15) is 18.3 Å². The van der Waals surface area contributed by atoms with Gasteiger partial charge in [-0.25, -0.2) is 8.42 Å². The highest BCUT2D eigenvalue weighted by molar-refractivity contribution is 7.89. The summed E-state index contributed by atoms with van der Waals surface area (Å²) in [5.74, 6) is -2.38. The van der Waals surface area contributed by atoms with Crippen molar-refractivity contribution in [2.45, 2.75) is 43.7 Å². The minimum atomic E-state index is -4.30. The number of nitrogens with zero attached hydrogens (tertiary/aromatic N) is 2. The first-order valence-electron chi connectivity index (χ1n) is 15.8. The summed E-state index contributed by atoms with van der Waals surface area (Å²) in [6.07, 6.45) is 1.10. The Bertz CT molecular complexity index is 1780. The van der Waals surface area contributed by atoms with Crippen LogP contribution in [0.4, 0.5) is 0 Å². The number of aliphatic carboxylic acids is 1. The number of methoxy groups -OCH3 is 2. The highest BCUT2D eigenvalue weighted by atomic mass is 32.2. The fourth-order valence-corrected chi connectivity index (χ4v) is 6.60. The molecule has 270 valence electrons. The number of fused-ring (bicyclic) bond motifs is 1. The van der Waals surface area contributed by atoms with Crippen molar-refractivity contribution in [3.63, 3.8) is 0 Å². The van der Waals surface area contributed by atoms with Crippen LogP contribution >= 0.6 is 0 Å². The van der Waals surface area contributed by atoms with Gasteiger partial charge in [-0.2, -0.15) is 4.72 Å². The molecule has 1 aliphatic rings. The van der Waals surface area contributed by atoms with Gasteiger partial charge >= 0.3 is 5.97 Å². The summed E-state index contributed by atoms with van der Waals surface area (Å²) >= 11 is 0. The number of rotatable bonds is 13. The average molecular weight is 713 g/mol. The number of ether oxygens (including phenoxy) is 2. The third-order valence-corrected chi connectivity index (χ3v) is 9.30. The van der Waals surface area contributed by atoms with Gasteiger partial charge in [0, 0.05) is 33.1 Å². The van der Waals surface area contributed by atoms with Crippen LogP contribution in [0.25, 0.3) is 10.8 Å². The highest BCUT2D eigenvalue weighted by Gasteiger charge is 2.33. The number of guanidine groups is 1. The predicted molar refractivity (Wildman–Crippen MR) is 186 cm³/mol. The van der Waals surface area contributed by atoms with Crippen LogP contribution in [0.1, 0.15) is 31.7 Å². The number of nitrogens with two attached hydrogens (primary N) is 1. The van der Waals surface area contributed by atoms with Crippen LogP contribution in [0.15, 0.2) is 71.6 Å². The summed E-state index contributed by atoms with van der Waals surface area (Å²) < 4.78 is 39.9. The van der Waals surface area contributed by atoms with E-state index < -0.39 is 52.8 Å². The fourth-order valence-electron chi connectivity index (χ4n) is 5.38. The number of nitrogens with one attached hydrogen (secondary N) is 3. The summed E-state index contributed by atoms with van der Waals surface area (Å²) in [5.41, 5.74) is 6.26. The molecule has 2 atom stereocenters. The maximum Gasteiger partial charge on any atom is 0.325 e. The standard InChI is InChI=1S/C32H40N6O7S.C2H4O2/c1-44-26-11-5-7-22(15-26)19-38(21-30(40)45-2)31(41)28(17-29(39)35-18-23-8-6-14-37(20-23)32(33)34)36-46(42,43)27-13-12-24-9-3-4-10-25(24)16-27;1-2(3)4/h3-5,7,9-13,15-16,23,28,36H,6,8,14,17-21H2,1-2H3,(H3,33,34)(H,35,39);1H3,(H,3,4)/t23-,28-;/m0./s1. The molecule has 15 nitrogen and oxygen atoms in total. The van der Waals surface area contributed by atoms with Crippen molar-refractivity contribution in [1.29, 1.82) is 5.41 Å². The Morgan fingerprint density at radius 1 is 1.06 bits per heavy atom. The molecule has 16 heteroatoms. The molecule has 0 saturated carbocycles. The maximum atomic E-state index is 14.1. The number of piperidine rings is 1. The molecule has 1 saturated heterocycles. The number of carbonyl (C=O) groups is 4. The van der Waals surface area contributed by atoms with E-state index in [-0.39, 0.29) is 29.9 Å². The van der Waals surface area contributed by atoms with Crippen molar-refractivity contribution in [2.24, 2.45) is 11.7 Å². The number of likely N-dealkylation sites (tertiary alicyclic amines) is 1. The first-order valence-corrected chi connectivity index (χ1v) is 17.3. The molecule has 6 N–H and O–H groups in total. The van der Waals surface area contributed by atoms with E-state index in [1.54, 1.807) is 47.4 Å². The number of carbonyl (C=O) groups excluding carboxylic acids is 3. The Hall–Kier alpha value is -5.22. The maximum absolute atomic E-state index is 14.1. The van der Waals surface area contributed by atoms with Crippen LogP contribution in [0, 0.1) is 11.3 Å². The molecular weight excluding hydrogens is 668 g/mol. The monoisotopic (exact) mass is 712 g/mol. The number of hydrogen-bond acceptors (Lipinski definition) is 9. The van der Waals surface area contributed by atoms with Crippen LogP contribution in [0.2, 0.25) is 0 Å². The van der Waals surface area contributed by atoms with E-state index >= 15 is 0 Å². The fraction of sp³-hybridized carbons (Fsp3) is 0.382. The van der Waals surface area contributed by atoms with Gasteiger partial charge in [-0.15, -0.1) is 0 Å². The second kappa shape index (κ2) is 18.5. The van der Waals surface area contributed by atoms with E-state index in [2.05, 4.69) is 10.0 Å². The van der Waals surface area contributed by atoms with Crippen molar-refractivity contribution in [3.05, 3.63) is 72.3 Å². The third kappa shape index (κ3) is 12.0. The Kier molecular flexibility index (Phi) is 14.5. The number of carboxylic acid groups (broad SMARTS) is 1. The van der Waals surface area contributed by atoms with Crippen LogP contribution in [0.3, 0.4) is 0 Å². The zero-order valence-corrected chi connectivity index (χ0v) is 29.1. The Labute approximate surface area is 291 Å². The van der Waals surface area contributed by atoms with Crippen LogP contribution in [0.5, 0.6) is 5.75 Å². The zero-order valence-electron chi connectivity index (χ0n) is 28.3. The SMILES string of the molecule is CC(=O)O.COC(=O)CN(Cc1cccc(OC)c1)C(=O)[C@H](CC(=O)NC[C@@H]1CCCN(C(=N)N)C1)NS(=O)(=O)c1ccc2ccccc2c1. The Morgan fingerprint density at radius 3 is 2.42 bits per heavy atom. The van der Waals surface area contributed by atoms with Gasteiger partial charge in [-0.1, -0.05) is 42.5 Å². The second-order valence-corrected chi connectivity index (χ2v) is 13.4. The lowest BCUT2D eigenvalue weighted by Crippen LogP contribution is -2.52. The number of hydrogen-bond donors (Lipinski definition) is 5. The third-order valence-electron chi connectivity index (χ3n) is 7.83. The summed E-state index contributed by atoms with van der Waals surface area (Å²) in [7, 11) is -1.62. The average Bonchev–Trinajstić information content (AvgIpc) is 3.09. The summed E-state index contributed by atoms with van der Waals surface area (Å²) in [6.45, 7) is 1.95. The molecule has 2 amide bonds. The van der Waals surface area contributed by atoms with E-state index in [9.17, 15) is 22.8 Å². The highest BCUT2D eigenvalue weighted by Crippen LogP contribution is 2.21. The van der Waals surface area contributed by atoms with E-state index in [1.807, 2.05) is 12.1 Å². The van der Waals surface area contributed by atoms with Crippen molar-refractivity contribution in [1.82, 2.24) is 19.8 Å². The number of benzene rings is 3. The largest absolute Gasteiger partial charge is 0.497 e. The molecule has 1 heterocycles. The molecule has 0 bridgehead atoms. The van der Waals surface area contributed by atoms with Crippen LogP contribution < -0.4 is 20.5 Å². The van der Waals surface area contributed by atoms with Crippen LogP contribution in [-0.2, 0) is 40.5 Å². The summed E-state index contributed by atoms with van der Waals surface area (Å²) in [4.78, 5) is 51.5. The zero-order chi connectivity index (χ0) is 36.8. The molecule has 0 aromatic heterocycles. The minimum absolute atomic E-state index is 0.0222. The Balaban J connectivity index is 0.00000160. The first-order chi connectivity index (χ1) is 23.7. The molecular formula is C34H44N6O9S. The molecule has 1 fully saturated rings. The Morgan fingerprint density at radius 2 is 1.76 bits per heavy atom. The van der Waals surface area contributed by atoms with Gasteiger partial charge in [-0.3, -0.25) is 24.6 Å². The van der Waals surface area contributed by atoms with E-state index in [1.165, 1.54) is 26.4 Å². The molecule has 4 rings (SSSR count). The first kappa shape index (κ1) is 39.2. The molecule has 1 aliphatic heterocycles. The van der Waals surface area contributed by atoms with Gasteiger partial charge in [0.15, 0.2) is 5.96 Å². The molecule has 0 aliphatic carbocycles. The summed E-state index contributed by atoms with van der Waals surface area (Å²) in [6, 6.07) is 17.1. The lowest BCUT2D eigenvalue weighted by atomic mass is 9.98. The molecule has 0 radical (unpaired) electrons. The van der Waals surface area contributed by atoms with Gasteiger partial charge < -0.3 is 35.4 Å². The van der Waals surface area contributed by atoms with Gasteiger partial charge in [0.2, 0.25) is 21.8 Å². The molecule has 0 spiro atoms. The molecule has 0 unspecified atom stereocenters. The predicted octanol–water partition coefficient (Wildman–Crippen LogP) is 1.90. The number of carboxylic acids is 1. The minimum Gasteiger partial charge on any atom is -0.497 e. The molecule has 50 heavy (non-hydrogen) atoms. The number of esters is 1. The summed E-state index contributed by atoms with van der Waals surface area (Å²) in [5, 5.41) is 19.5. The number of sulfonamides is 1. The molecule has 3 aromatic carbocycles. The van der Waals surface area contributed by atoms with Crippen molar-refractivity contribution in [3.8, 4) is 5.75 Å². The normalized spacial score (nSPS) is 14.8. The number of amides is 2. The molecule has 3 aromatic rings. The van der Waals surface area contributed by atoms with E-state index in [4.69, 9.17) is 30.5 Å². The lowest BCUT2D eigenvalue weighted by Gasteiger charge is -2.33. The van der Waals surface area contributed by atoms with Crippen molar-refractivity contribution >= 4 is 50.5 Å².